The van der Waals surface area contributed by atoms with E-state index in [1.165, 1.54) is 5.69 Å². The molecule has 1 aromatic rings. The van der Waals surface area contributed by atoms with Gasteiger partial charge in [0.05, 0.1) is 0 Å². The fraction of sp³-hybridized carbons (Fsp3) is 0.625. The molecule has 62 valence electrons. The first-order valence-electron chi connectivity index (χ1n) is 3.84. The lowest BCUT2D eigenvalue weighted by molar-refractivity contribution is 0.683. The number of rotatable bonds is 2. The fourth-order valence-corrected chi connectivity index (χ4v) is 1.07. The fourth-order valence-electron chi connectivity index (χ4n) is 1.07. The van der Waals surface area contributed by atoms with Gasteiger partial charge in [0.2, 0.25) is 0 Å². The second kappa shape index (κ2) is 3.05. The number of nitrogens with zero attached hydrogens (tertiary/aromatic N) is 2. The minimum Gasteiger partial charge on any atom is -0.335 e. The Kier molecular flexibility index (Phi) is 2.29. The Bertz CT molecular complexity index is 237. The quantitative estimate of drug-likeness (QED) is 0.676. The van der Waals surface area contributed by atoms with Gasteiger partial charge in [-0.05, 0) is 13.8 Å². The predicted molar refractivity (Wildman–Crippen MR) is 45.3 cm³/mol. The highest BCUT2D eigenvalue weighted by Gasteiger charge is 2.03. The van der Waals surface area contributed by atoms with E-state index in [1.807, 2.05) is 27.1 Å². The van der Waals surface area contributed by atoms with Crippen molar-refractivity contribution in [2.24, 2.45) is 12.8 Å². The molecule has 3 heteroatoms. The average molecular weight is 153 g/mol. The van der Waals surface area contributed by atoms with Gasteiger partial charge >= 0.3 is 0 Å². The molecule has 1 rings (SSSR count). The minimum atomic E-state index is 0.213. The van der Waals surface area contributed by atoms with Crippen molar-refractivity contribution in [2.75, 3.05) is 0 Å². The molecule has 0 aliphatic rings. The normalized spacial score (nSPS) is 13.5. The van der Waals surface area contributed by atoms with Gasteiger partial charge in [-0.1, -0.05) is 0 Å². The van der Waals surface area contributed by atoms with Gasteiger partial charge in [0.1, 0.15) is 5.82 Å². The highest BCUT2D eigenvalue weighted by molar-refractivity contribution is 5.04. The molecule has 0 saturated carbocycles. The van der Waals surface area contributed by atoms with Crippen LogP contribution < -0.4 is 5.73 Å². The van der Waals surface area contributed by atoms with Gasteiger partial charge in [0.15, 0.2) is 0 Å². The molecular formula is C8H15N3. The third-order valence-corrected chi connectivity index (χ3v) is 1.85. The van der Waals surface area contributed by atoms with Crippen molar-refractivity contribution in [3.05, 3.63) is 17.7 Å². The summed E-state index contributed by atoms with van der Waals surface area (Å²) in [6, 6.07) is 0.213. The monoisotopic (exact) mass is 153 g/mol. The summed E-state index contributed by atoms with van der Waals surface area (Å²) in [6.45, 7) is 3.99. The maximum Gasteiger partial charge on any atom is 0.105 e. The van der Waals surface area contributed by atoms with Gasteiger partial charge in [0.25, 0.3) is 0 Å². The van der Waals surface area contributed by atoms with Crippen molar-refractivity contribution in [3.8, 4) is 0 Å². The Morgan fingerprint density at radius 1 is 1.73 bits per heavy atom. The molecule has 0 aliphatic carbocycles. The molecule has 0 aliphatic heterocycles. The SMILES string of the molecule is Cc1ncc(CC(C)N)n1C. The van der Waals surface area contributed by atoms with Crippen LogP contribution >= 0.6 is 0 Å². The van der Waals surface area contributed by atoms with Crippen LogP contribution in [0.5, 0.6) is 0 Å². The smallest absolute Gasteiger partial charge is 0.105 e. The average Bonchev–Trinajstić information content (AvgIpc) is 2.18. The zero-order valence-electron chi connectivity index (χ0n) is 7.33. The van der Waals surface area contributed by atoms with Gasteiger partial charge in [-0.15, -0.1) is 0 Å². The first-order chi connectivity index (χ1) is 5.11. The van der Waals surface area contributed by atoms with Gasteiger partial charge in [-0.2, -0.15) is 0 Å². The van der Waals surface area contributed by atoms with E-state index in [2.05, 4.69) is 9.55 Å². The molecule has 3 nitrogen and oxygen atoms in total. The first-order valence-corrected chi connectivity index (χ1v) is 3.84. The summed E-state index contributed by atoms with van der Waals surface area (Å²) in [6.07, 6.45) is 2.79. The van der Waals surface area contributed by atoms with E-state index in [9.17, 15) is 0 Å². The molecule has 1 aromatic heterocycles. The third kappa shape index (κ3) is 1.80. The molecule has 11 heavy (non-hydrogen) atoms. The predicted octanol–water partition coefficient (Wildman–Crippen LogP) is 0.618. The number of hydrogen-bond acceptors (Lipinski definition) is 2. The highest BCUT2D eigenvalue weighted by Crippen LogP contribution is 2.03. The van der Waals surface area contributed by atoms with Crippen molar-refractivity contribution < 1.29 is 0 Å². The molecule has 0 fully saturated rings. The first kappa shape index (κ1) is 8.27. The van der Waals surface area contributed by atoms with Crippen LogP contribution in [0.4, 0.5) is 0 Å². The Balaban J connectivity index is 2.79. The Morgan fingerprint density at radius 3 is 2.73 bits per heavy atom. The summed E-state index contributed by atoms with van der Waals surface area (Å²) in [5.41, 5.74) is 6.87. The molecule has 0 aromatic carbocycles. The third-order valence-electron chi connectivity index (χ3n) is 1.85. The maximum atomic E-state index is 5.66. The van der Waals surface area contributed by atoms with E-state index in [0.29, 0.717) is 0 Å². The van der Waals surface area contributed by atoms with E-state index < -0.39 is 0 Å². The molecule has 0 spiro atoms. The van der Waals surface area contributed by atoms with Crippen molar-refractivity contribution in [2.45, 2.75) is 26.3 Å². The lowest BCUT2D eigenvalue weighted by Crippen LogP contribution is -2.19. The molecule has 1 unspecified atom stereocenters. The number of nitrogens with two attached hydrogens (primary N) is 1. The Morgan fingerprint density at radius 2 is 2.36 bits per heavy atom. The van der Waals surface area contributed by atoms with Crippen LogP contribution in [0, 0.1) is 6.92 Å². The number of aryl methyl sites for hydroxylation is 1. The molecule has 0 amide bonds. The van der Waals surface area contributed by atoms with Crippen LogP contribution in [-0.4, -0.2) is 15.6 Å². The Hall–Kier alpha value is -0.830. The van der Waals surface area contributed by atoms with Crippen LogP contribution in [0.2, 0.25) is 0 Å². The molecular weight excluding hydrogens is 138 g/mol. The van der Waals surface area contributed by atoms with Crippen molar-refractivity contribution in [3.63, 3.8) is 0 Å². The zero-order chi connectivity index (χ0) is 8.43. The molecule has 0 radical (unpaired) electrons. The van der Waals surface area contributed by atoms with Gasteiger partial charge < -0.3 is 10.3 Å². The Labute approximate surface area is 67.2 Å². The van der Waals surface area contributed by atoms with E-state index >= 15 is 0 Å². The maximum absolute atomic E-state index is 5.66. The summed E-state index contributed by atoms with van der Waals surface area (Å²) in [7, 11) is 2.01. The van der Waals surface area contributed by atoms with Crippen molar-refractivity contribution in [1.82, 2.24) is 9.55 Å². The lowest BCUT2D eigenvalue weighted by Gasteiger charge is -2.05. The number of hydrogen-bond donors (Lipinski definition) is 1. The molecule has 2 N–H and O–H groups in total. The molecule has 0 saturated heterocycles. The van der Waals surface area contributed by atoms with E-state index in [4.69, 9.17) is 5.73 Å². The number of imidazole rings is 1. The zero-order valence-corrected chi connectivity index (χ0v) is 7.33. The van der Waals surface area contributed by atoms with Crippen molar-refractivity contribution in [1.29, 1.82) is 0 Å². The van der Waals surface area contributed by atoms with E-state index in [1.54, 1.807) is 0 Å². The van der Waals surface area contributed by atoms with Crippen LogP contribution in [0.15, 0.2) is 6.20 Å². The minimum absolute atomic E-state index is 0.213. The topological polar surface area (TPSA) is 43.8 Å². The van der Waals surface area contributed by atoms with Crippen LogP contribution in [-0.2, 0) is 13.5 Å². The van der Waals surface area contributed by atoms with Crippen LogP contribution in [0.1, 0.15) is 18.4 Å². The number of aromatic nitrogens is 2. The van der Waals surface area contributed by atoms with Gasteiger partial charge in [-0.25, -0.2) is 4.98 Å². The highest BCUT2D eigenvalue weighted by atomic mass is 15.0. The summed E-state index contributed by atoms with van der Waals surface area (Å²) in [5.74, 6) is 1.04. The van der Waals surface area contributed by atoms with Crippen molar-refractivity contribution >= 4 is 0 Å². The second-order valence-corrected chi connectivity index (χ2v) is 3.04. The lowest BCUT2D eigenvalue weighted by atomic mass is 10.2. The van der Waals surface area contributed by atoms with Crippen LogP contribution in [0.3, 0.4) is 0 Å². The summed E-state index contributed by atoms with van der Waals surface area (Å²) in [5, 5.41) is 0. The van der Waals surface area contributed by atoms with Gasteiger partial charge in [-0.3, -0.25) is 0 Å². The molecule has 1 heterocycles. The summed E-state index contributed by atoms with van der Waals surface area (Å²) < 4.78 is 2.07. The van der Waals surface area contributed by atoms with E-state index in [-0.39, 0.29) is 6.04 Å². The van der Waals surface area contributed by atoms with E-state index in [0.717, 1.165) is 12.2 Å². The van der Waals surface area contributed by atoms with Crippen LogP contribution in [0.25, 0.3) is 0 Å². The molecule has 1 atom stereocenters. The largest absolute Gasteiger partial charge is 0.335 e. The van der Waals surface area contributed by atoms with Gasteiger partial charge in [0, 0.05) is 31.4 Å². The standard InChI is InChI=1S/C8H15N3/c1-6(9)4-8-5-10-7(2)11(8)3/h5-6H,4,9H2,1-3H3. The second-order valence-electron chi connectivity index (χ2n) is 3.04. The molecule has 0 bridgehead atoms. The summed E-state index contributed by atoms with van der Waals surface area (Å²) in [4.78, 5) is 4.18. The summed E-state index contributed by atoms with van der Waals surface area (Å²) >= 11 is 0.